The summed E-state index contributed by atoms with van der Waals surface area (Å²) in [5.74, 6) is -0.279. The summed E-state index contributed by atoms with van der Waals surface area (Å²) in [6.07, 6.45) is 1.84. The van der Waals surface area contributed by atoms with Crippen molar-refractivity contribution in [2.45, 2.75) is 20.0 Å². The molecule has 6 rings (SSSR count). The highest BCUT2D eigenvalue weighted by Gasteiger charge is 2.35. The van der Waals surface area contributed by atoms with E-state index in [4.69, 9.17) is 0 Å². The monoisotopic (exact) mass is 513 g/mol. The van der Waals surface area contributed by atoms with E-state index in [0.717, 1.165) is 55.8 Å². The lowest BCUT2D eigenvalue weighted by atomic mass is 10.1. The molecule has 5 nitrogen and oxygen atoms in total. The van der Waals surface area contributed by atoms with E-state index in [-0.39, 0.29) is 17.7 Å². The first-order valence-corrected chi connectivity index (χ1v) is 13.1. The molecule has 1 aromatic heterocycles. The summed E-state index contributed by atoms with van der Waals surface area (Å²) >= 11 is 0.982. The lowest BCUT2D eigenvalue weighted by Gasteiger charge is -2.13. The normalized spacial score (nSPS) is 14.6. The van der Waals surface area contributed by atoms with Crippen LogP contribution in [0.3, 0.4) is 0 Å². The van der Waals surface area contributed by atoms with Crippen molar-refractivity contribution < 1.29 is 9.59 Å². The topological polar surface area (TPSA) is 66.1 Å². The molecule has 1 aliphatic heterocycles. The van der Waals surface area contributed by atoms with E-state index in [2.05, 4.69) is 10.6 Å². The molecule has 38 heavy (non-hydrogen) atoms. The summed E-state index contributed by atoms with van der Waals surface area (Å²) in [6, 6.07) is 31.9. The number of thioether (sulfide) groups is 1. The van der Waals surface area contributed by atoms with Crippen molar-refractivity contribution in [3.63, 3.8) is 0 Å². The maximum absolute atomic E-state index is 13.4. The van der Waals surface area contributed by atoms with Gasteiger partial charge in [0.15, 0.2) is 0 Å². The van der Waals surface area contributed by atoms with Crippen LogP contribution in [0.1, 0.15) is 27.9 Å². The number of hydrogen-bond donors (Lipinski definition) is 0. The van der Waals surface area contributed by atoms with Crippen molar-refractivity contribution in [1.29, 1.82) is 5.26 Å². The van der Waals surface area contributed by atoms with E-state index in [1.165, 1.54) is 4.90 Å². The molecule has 2 amide bonds. The van der Waals surface area contributed by atoms with E-state index < -0.39 is 0 Å². The van der Waals surface area contributed by atoms with Crippen molar-refractivity contribution in [3.8, 4) is 6.07 Å². The SMILES string of the molecule is Cc1c(/C=C2\SC(=O)N(Cc3ccc4ccccc4c3)C2=O)c2ccccc2n1Cc1ccccc1C#N. The number of nitriles is 1. The summed E-state index contributed by atoms with van der Waals surface area (Å²) in [5, 5.41) is 12.5. The van der Waals surface area contributed by atoms with E-state index in [1.807, 2.05) is 104 Å². The van der Waals surface area contributed by atoms with Crippen molar-refractivity contribution in [3.05, 3.63) is 124 Å². The number of nitrogens with zero attached hydrogens (tertiary/aromatic N) is 3. The molecule has 5 aromatic rings. The van der Waals surface area contributed by atoms with Crippen LogP contribution in [0, 0.1) is 18.3 Å². The Hall–Kier alpha value is -4.60. The zero-order valence-corrected chi connectivity index (χ0v) is 21.5. The van der Waals surface area contributed by atoms with Gasteiger partial charge in [0.1, 0.15) is 0 Å². The fourth-order valence-corrected chi connectivity index (χ4v) is 5.89. The number of aromatic nitrogens is 1. The van der Waals surface area contributed by atoms with Crippen LogP contribution >= 0.6 is 11.8 Å². The second-order valence-corrected chi connectivity index (χ2v) is 10.3. The van der Waals surface area contributed by atoms with E-state index in [1.54, 1.807) is 0 Å². The molecule has 0 unspecified atom stereocenters. The maximum Gasteiger partial charge on any atom is 0.293 e. The van der Waals surface area contributed by atoms with Crippen molar-refractivity contribution in [2.24, 2.45) is 0 Å². The number of benzene rings is 4. The van der Waals surface area contributed by atoms with Gasteiger partial charge in [-0.05, 0) is 64.9 Å². The molecule has 0 saturated carbocycles. The third kappa shape index (κ3) is 4.17. The first kappa shape index (κ1) is 23.8. The second-order valence-electron chi connectivity index (χ2n) is 9.32. The van der Waals surface area contributed by atoms with E-state index in [0.29, 0.717) is 17.0 Å². The van der Waals surface area contributed by atoms with Crippen LogP contribution in [0.25, 0.3) is 27.8 Å². The van der Waals surface area contributed by atoms with E-state index in [9.17, 15) is 14.9 Å². The number of rotatable bonds is 5. The first-order chi connectivity index (χ1) is 18.5. The Labute approximate surface area is 224 Å². The maximum atomic E-state index is 13.4. The van der Waals surface area contributed by atoms with Crippen LogP contribution in [0.4, 0.5) is 4.79 Å². The number of hydrogen-bond acceptors (Lipinski definition) is 4. The van der Waals surface area contributed by atoms with Crippen molar-refractivity contribution >= 4 is 50.7 Å². The van der Waals surface area contributed by atoms with Gasteiger partial charge >= 0.3 is 0 Å². The van der Waals surface area contributed by atoms with Crippen molar-refractivity contribution in [2.75, 3.05) is 0 Å². The van der Waals surface area contributed by atoms with Crippen LogP contribution in [-0.4, -0.2) is 20.6 Å². The Morgan fingerprint density at radius 3 is 2.45 bits per heavy atom. The Kier molecular flexibility index (Phi) is 6.07. The van der Waals surface area contributed by atoms with Gasteiger partial charge in [-0.3, -0.25) is 14.5 Å². The third-order valence-corrected chi connectivity index (χ3v) is 7.96. The van der Waals surface area contributed by atoms with Crippen molar-refractivity contribution in [1.82, 2.24) is 9.47 Å². The van der Waals surface area contributed by atoms with Crippen LogP contribution < -0.4 is 0 Å². The summed E-state index contributed by atoms with van der Waals surface area (Å²) in [7, 11) is 0. The van der Waals surface area contributed by atoms with Gasteiger partial charge in [-0.15, -0.1) is 0 Å². The van der Waals surface area contributed by atoms with Gasteiger partial charge in [0, 0.05) is 28.7 Å². The molecule has 1 fully saturated rings. The number of fused-ring (bicyclic) bond motifs is 2. The smallest absolute Gasteiger partial charge is 0.293 e. The second kappa shape index (κ2) is 9.70. The van der Waals surface area contributed by atoms with E-state index >= 15 is 0 Å². The van der Waals surface area contributed by atoms with Gasteiger partial charge in [0.05, 0.1) is 23.1 Å². The quantitative estimate of drug-likeness (QED) is 0.232. The molecule has 184 valence electrons. The Morgan fingerprint density at radius 1 is 0.868 bits per heavy atom. The fourth-order valence-electron chi connectivity index (χ4n) is 5.07. The summed E-state index contributed by atoms with van der Waals surface area (Å²) < 4.78 is 2.16. The number of para-hydroxylation sites is 1. The lowest BCUT2D eigenvalue weighted by Crippen LogP contribution is -2.27. The number of amides is 2. The molecule has 0 aliphatic carbocycles. The van der Waals surface area contributed by atoms with Crippen LogP contribution in [0.15, 0.2) is 95.9 Å². The van der Waals surface area contributed by atoms with Gasteiger partial charge in [0.25, 0.3) is 11.1 Å². The van der Waals surface area contributed by atoms with Crippen LogP contribution in [0.5, 0.6) is 0 Å². The minimum absolute atomic E-state index is 0.235. The minimum Gasteiger partial charge on any atom is -0.340 e. The highest BCUT2D eigenvalue weighted by Crippen LogP contribution is 2.37. The Morgan fingerprint density at radius 2 is 1.61 bits per heavy atom. The average molecular weight is 514 g/mol. The molecule has 0 bridgehead atoms. The Bertz CT molecular complexity index is 1830. The Balaban J connectivity index is 1.35. The predicted molar refractivity (Wildman–Crippen MR) is 152 cm³/mol. The molecular weight excluding hydrogens is 490 g/mol. The van der Waals surface area contributed by atoms with Gasteiger partial charge in [-0.2, -0.15) is 5.26 Å². The summed E-state index contributed by atoms with van der Waals surface area (Å²) in [6.45, 7) is 2.78. The molecule has 0 N–H and O–H groups in total. The van der Waals surface area contributed by atoms with Gasteiger partial charge in [-0.25, -0.2) is 0 Å². The molecule has 4 aromatic carbocycles. The van der Waals surface area contributed by atoms with Gasteiger partial charge in [-0.1, -0.05) is 72.8 Å². The molecule has 0 atom stereocenters. The minimum atomic E-state index is -0.279. The molecule has 1 saturated heterocycles. The molecule has 0 radical (unpaired) electrons. The molecular formula is C32H23N3O2S. The van der Waals surface area contributed by atoms with Crippen LogP contribution in [0.2, 0.25) is 0 Å². The first-order valence-electron chi connectivity index (χ1n) is 12.3. The zero-order chi connectivity index (χ0) is 26.2. The largest absolute Gasteiger partial charge is 0.340 e. The summed E-state index contributed by atoms with van der Waals surface area (Å²) in [4.78, 5) is 28.0. The fraction of sp³-hybridized carbons (Fsp3) is 0.0938. The molecule has 0 spiro atoms. The highest BCUT2D eigenvalue weighted by atomic mass is 32.2. The summed E-state index contributed by atoms with van der Waals surface area (Å²) in [5.41, 5.74) is 5.38. The molecule has 6 heteroatoms. The van der Waals surface area contributed by atoms with Gasteiger partial charge < -0.3 is 4.57 Å². The molecule has 2 heterocycles. The number of imide groups is 1. The average Bonchev–Trinajstić information content (AvgIpc) is 3.36. The molecule has 1 aliphatic rings. The lowest BCUT2D eigenvalue weighted by molar-refractivity contribution is -0.123. The standard InChI is InChI=1S/C32H23N3O2S/c1-21-28(27-12-6-7-13-29(27)34(21)20-26-11-5-4-10-25(26)18-33)17-30-31(36)35(32(37)38-30)19-22-14-15-23-8-2-3-9-24(23)16-22/h2-17H,19-20H2,1H3/b30-17-. The number of carbonyl (C=O) groups excluding carboxylic acids is 2. The zero-order valence-electron chi connectivity index (χ0n) is 20.7. The third-order valence-electron chi connectivity index (χ3n) is 7.05. The highest BCUT2D eigenvalue weighted by molar-refractivity contribution is 8.18. The van der Waals surface area contributed by atoms with Crippen LogP contribution in [-0.2, 0) is 17.9 Å². The number of carbonyl (C=O) groups is 2. The predicted octanol–water partition coefficient (Wildman–Crippen LogP) is 7.26. The van der Waals surface area contributed by atoms with Gasteiger partial charge in [0.2, 0.25) is 0 Å².